The standard InChI is InChI=1S/C19H31NO4/c1-19(2,3)24-18(21)20-12-10-16(11-13-20)8-4-6-14-22-17-9-5-7-15-23-17/h16-17H,5,7-15H2,1-3H3. The van der Waals surface area contributed by atoms with E-state index in [4.69, 9.17) is 14.2 Å². The summed E-state index contributed by atoms with van der Waals surface area (Å²) in [6, 6.07) is 0. The molecule has 2 heterocycles. The van der Waals surface area contributed by atoms with Gasteiger partial charge in [-0.05, 0) is 58.8 Å². The molecule has 1 amide bonds. The lowest BCUT2D eigenvalue weighted by molar-refractivity contribution is -0.154. The van der Waals surface area contributed by atoms with Crippen molar-refractivity contribution in [2.24, 2.45) is 5.92 Å². The van der Waals surface area contributed by atoms with Crippen molar-refractivity contribution in [2.75, 3.05) is 26.3 Å². The molecule has 1 unspecified atom stereocenters. The Labute approximate surface area is 146 Å². The number of rotatable bonds is 3. The second-order valence-electron chi connectivity index (χ2n) is 7.58. The average molecular weight is 337 g/mol. The summed E-state index contributed by atoms with van der Waals surface area (Å²) in [4.78, 5) is 13.8. The monoisotopic (exact) mass is 337 g/mol. The molecule has 5 heteroatoms. The molecule has 2 fully saturated rings. The second-order valence-corrected chi connectivity index (χ2v) is 7.58. The minimum atomic E-state index is -0.429. The highest BCUT2D eigenvalue weighted by molar-refractivity contribution is 5.68. The summed E-state index contributed by atoms with van der Waals surface area (Å²) in [7, 11) is 0. The first-order chi connectivity index (χ1) is 11.4. The Morgan fingerprint density at radius 1 is 1.17 bits per heavy atom. The highest BCUT2D eigenvalue weighted by Crippen LogP contribution is 2.21. The molecule has 2 aliphatic heterocycles. The Balaban J connectivity index is 1.59. The van der Waals surface area contributed by atoms with Crippen LogP contribution in [0.2, 0.25) is 0 Å². The van der Waals surface area contributed by atoms with Crippen LogP contribution in [0.1, 0.15) is 59.3 Å². The van der Waals surface area contributed by atoms with E-state index in [-0.39, 0.29) is 12.4 Å². The van der Waals surface area contributed by atoms with Gasteiger partial charge in [-0.2, -0.15) is 0 Å². The van der Waals surface area contributed by atoms with Crippen LogP contribution in [-0.2, 0) is 14.2 Å². The minimum Gasteiger partial charge on any atom is -0.444 e. The Morgan fingerprint density at radius 2 is 1.92 bits per heavy atom. The molecular formula is C19H31NO4. The molecule has 2 aliphatic rings. The van der Waals surface area contributed by atoms with Gasteiger partial charge in [0.25, 0.3) is 0 Å². The van der Waals surface area contributed by atoms with Crippen molar-refractivity contribution in [3.63, 3.8) is 0 Å². The number of amides is 1. The van der Waals surface area contributed by atoms with Crippen LogP contribution in [0, 0.1) is 17.8 Å². The number of carbonyl (C=O) groups is 1. The predicted octanol–water partition coefficient (Wildman–Crippen LogP) is 3.57. The fourth-order valence-electron chi connectivity index (χ4n) is 2.89. The lowest BCUT2D eigenvalue weighted by atomic mass is 9.94. The van der Waals surface area contributed by atoms with E-state index in [0.717, 1.165) is 51.8 Å². The van der Waals surface area contributed by atoms with Crippen LogP contribution in [-0.4, -0.2) is 49.2 Å². The summed E-state index contributed by atoms with van der Waals surface area (Å²) in [5.74, 6) is 6.86. The number of hydrogen-bond donors (Lipinski definition) is 0. The zero-order chi connectivity index (χ0) is 17.4. The van der Waals surface area contributed by atoms with E-state index >= 15 is 0 Å². The van der Waals surface area contributed by atoms with Crippen molar-refractivity contribution < 1.29 is 19.0 Å². The maximum absolute atomic E-state index is 12.0. The van der Waals surface area contributed by atoms with E-state index < -0.39 is 5.60 Å². The number of ether oxygens (including phenoxy) is 3. The minimum absolute atomic E-state index is 0.0647. The predicted molar refractivity (Wildman–Crippen MR) is 92.5 cm³/mol. The summed E-state index contributed by atoms with van der Waals surface area (Å²) in [5, 5.41) is 0. The van der Waals surface area contributed by atoms with Gasteiger partial charge in [0, 0.05) is 26.1 Å². The number of likely N-dealkylation sites (tertiary alicyclic amines) is 1. The van der Waals surface area contributed by atoms with E-state index in [1.165, 1.54) is 6.42 Å². The molecule has 0 radical (unpaired) electrons. The van der Waals surface area contributed by atoms with Crippen LogP contribution in [0.25, 0.3) is 0 Å². The lowest BCUT2D eigenvalue weighted by Gasteiger charge is -2.32. The first-order valence-corrected chi connectivity index (χ1v) is 9.11. The summed E-state index contributed by atoms with van der Waals surface area (Å²) in [5.41, 5.74) is -0.429. The van der Waals surface area contributed by atoms with Crippen molar-refractivity contribution in [3.8, 4) is 11.8 Å². The van der Waals surface area contributed by atoms with Gasteiger partial charge in [0.15, 0.2) is 6.29 Å². The Morgan fingerprint density at radius 3 is 2.54 bits per heavy atom. The maximum Gasteiger partial charge on any atom is 0.410 e. The molecule has 136 valence electrons. The largest absolute Gasteiger partial charge is 0.444 e. The molecule has 0 aromatic rings. The van der Waals surface area contributed by atoms with Gasteiger partial charge in [0.05, 0.1) is 0 Å². The van der Waals surface area contributed by atoms with Crippen molar-refractivity contribution in [1.29, 1.82) is 0 Å². The van der Waals surface area contributed by atoms with Gasteiger partial charge in [-0.15, -0.1) is 5.92 Å². The molecule has 0 saturated carbocycles. The molecular weight excluding hydrogens is 306 g/mol. The highest BCUT2D eigenvalue weighted by Gasteiger charge is 2.26. The van der Waals surface area contributed by atoms with E-state index in [2.05, 4.69) is 11.8 Å². The molecule has 0 bridgehead atoms. The first kappa shape index (κ1) is 19.1. The summed E-state index contributed by atoms with van der Waals surface area (Å²) >= 11 is 0. The third-order valence-electron chi connectivity index (χ3n) is 4.26. The average Bonchev–Trinajstić information content (AvgIpc) is 2.54. The molecule has 0 aromatic heterocycles. The Kier molecular flexibility index (Phi) is 7.39. The summed E-state index contributed by atoms with van der Waals surface area (Å²) < 4.78 is 16.5. The molecule has 0 spiro atoms. The zero-order valence-corrected chi connectivity index (χ0v) is 15.3. The zero-order valence-electron chi connectivity index (χ0n) is 15.3. The Hall–Kier alpha value is -1.25. The molecule has 0 aromatic carbocycles. The molecule has 2 rings (SSSR count). The quantitative estimate of drug-likeness (QED) is 0.739. The van der Waals surface area contributed by atoms with Crippen LogP contribution in [0.15, 0.2) is 0 Å². The molecule has 2 saturated heterocycles. The number of hydrogen-bond acceptors (Lipinski definition) is 4. The van der Waals surface area contributed by atoms with Crippen LogP contribution in [0.4, 0.5) is 4.79 Å². The summed E-state index contributed by atoms with van der Waals surface area (Å²) in [6.45, 7) is 8.45. The van der Waals surface area contributed by atoms with E-state index in [1.54, 1.807) is 4.90 Å². The SMILES string of the molecule is CC(C)(C)OC(=O)N1CCC(CC#CCOC2CCCCO2)CC1. The first-order valence-electron chi connectivity index (χ1n) is 9.11. The fraction of sp³-hybridized carbons (Fsp3) is 0.842. The van der Waals surface area contributed by atoms with Gasteiger partial charge in [0.1, 0.15) is 12.2 Å². The van der Waals surface area contributed by atoms with Gasteiger partial charge in [0.2, 0.25) is 0 Å². The normalized spacial score (nSPS) is 22.6. The maximum atomic E-state index is 12.0. The van der Waals surface area contributed by atoms with E-state index in [0.29, 0.717) is 12.5 Å². The fourth-order valence-corrected chi connectivity index (χ4v) is 2.89. The van der Waals surface area contributed by atoms with Gasteiger partial charge in [-0.3, -0.25) is 0 Å². The van der Waals surface area contributed by atoms with Crippen molar-refractivity contribution in [3.05, 3.63) is 0 Å². The van der Waals surface area contributed by atoms with E-state index in [9.17, 15) is 4.79 Å². The van der Waals surface area contributed by atoms with E-state index in [1.807, 2.05) is 20.8 Å². The molecule has 1 atom stereocenters. The van der Waals surface area contributed by atoms with Crippen molar-refractivity contribution in [1.82, 2.24) is 4.90 Å². The van der Waals surface area contributed by atoms with Crippen LogP contribution < -0.4 is 0 Å². The topological polar surface area (TPSA) is 48.0 Å². The number of carbonyl (C=O) groups excluding carboxylic acids is 1. The lowest BCUT2D eigenvalue weighted by Crippen LogP contribution is -2.41. The highest BCUT2D eigenvalue weighted by atomic mass is 16.7. The van der Waals surface area contributed by atoms with Gasteiger partial charge in [-0.25, -0.2) is 4.79 Å². The smallest absolute Gasteiger partial charge is 0.410 e. The molecule has 0 aliphatic carbocycles. The molecule has 24 heavy (non-hydrogen) atoms. The Bertz CT molecular complexity index is 446. The van der Waals surface area contributed by atoms with Crippen molar-refractivity contribution >= 4 is 6.09 Å². The van der Waals surface area contributed by atoms with Gasteiger partial charge in [-0.1, -0.05) is 5.92 Å². The molecule has 5 nitrogen and oxygen atoms in total. The van der Waals surface area contributed by atoms with Gasteiger partial charge < -0.3 is 19.1 Å². The third kappa shape index (κ3) is 7.11. The summed E-state index contributed by atoms with van der Waals surface area (Å²) in [6.07, 6.45) is 5.86. The van der Waals surface area contributed by atoms with Gasteiger partial charge >= 0.3 is 6.09 Å². The van der Waals surface area contributed by atoms with Crippen LogP contribution in [0.3, 0.4) is 0 Å². The van der Waals surface area contributed by atoms with Crippen LogP contribution >= 0.6 is 0 Å². The van der Waals surface area contributed by atoms with Crippen molar-refractivity contribution in [2.45, 2.75) is 71.2 Å². The third-order valence-corrected chi connectivity index (χ3v) is 4.26. The number of piperidine rings is 1. The molecule has 0 N–H and O–H groups in total. The number of nitrogens with zero attached hydrogens (tertiary/aromatic N) is 1. The second kappa shape index (κ2) is 9.29. The van der Waals surface area contributed by atoms with Crippen LogP contribution in [0.5, 0.6) is 0 Å².